The van der Waals surface area contributed by atoms with Gasteiger partial charge in [0.15, 0.2) is 0 Å². The molecule has 0 bridgehead atoms. The van der Waals surface area contributed by atoms with E-state index in [1.807, 2.05) is 36.3 Å². The fourth-order valence-electron chi connectivity index (χ4n) is 4.07. The molecule has 0 spiro atoms. The second-order valence-corrected chi connectivity index (χ2v) is 7.67. The quantitative estimate of drug-likeness (QED) is 0.493. The molecule has 1 aliphatic rings. The first-order chi connectivity index (χ1) is 13.7. The zero-order valence-electron chi connectivity index (χ0n) is 15.6. The molecule has 0 radical (unpaired) electrons. The molecule has 28 heavy (non-hydrogen) atoms. The molecule has 2 aromatic heterocycles. The Balaban J connectivity index is 1.55. The van der Waals surface area contributed by atoms with Gasteiger partial charge in [-0.15, -0.1) is 0 Å². The molecule has 5 rings (SSSR count). The Morgan fingerprint density at radius 1 is 1.04 bits per heavy atom. The van der Waals surface area contributed by atoms with E-state index >= 15 is 0 Å². The first-order valence-electron chi connectivity index (χ1n) is 9.45. The molecule has 1 aliphatic heterocycles. The number of nitrogens with zero attached hydrogens (tertiary/aromatic N) is 5. The summed E-state index contributed by atoms with van der Waals surface area (Å²) < 4.78 is 1.81. The third-order valence-corrected chi connectivity index (χ3v) is 5.69. The first-order valence-corrected chi connectivity index (χ1v) is 9.83. The van der Waals surface area contributed by atoms with Crippen molar-refractivity contribution in [2.75, 3.05) is 11.4 Å². The van der Waals surface area contributed by atoms with E-state index in [1.54, 1.807) is 6.33 Å². The van der Waals surface area contributed by atoms with Crippen LogP contribution in [0.3, 0.4) is 0 Å². The molecule has 4 aromatic rings. The number of rotatable bonds is 3. The standard InChI is InChI=1S/C22H20ClN5/c1-27-13-17(12-26-27)16-6-9-19-20(11-16)24-14-25-22(19)28-10-2-3-21(28)15-4-7-18(23)8-5-15/h4-9,11-14,21H,2-3,10H2,1H3. The SMILES string of the molecule is Cn1cc(-c2ccc3c(N4CCCC4c4ccc(Cl)cc4)ncnc3c2)cn1. The molecule has 0 aliphatic carbocycles. The summed E-state index contributed by atoms with van der Waals surface area (Å²) in [5.74, 6) is 1.00. The molecular formula is C22H20ClN5. The van der Waals surface area contributed by atoms with E-state index in [4.69, 9.17) is 11.6 Å². The number of anilines is 1. The maximum absolute atomic E-state index is 6.08. The highest BCUT2D eigenvalue weighted by Gasteiger charge is 2.28. The van der Waals surface area contributed by atoms with Crippen molar-refractivity contribution in [3.8, 4) is 11.1 Å². The molecule has 0 N–H and O–H groups in total. The summed E-state index contributed by atoms with van der Waals surface area (Å²) in [7, 11) is 1.93. The van der Waals surface area contributed by atoms with E-state index < -0.39 is 0 Å². The van der Waals surface area contributed by atoms with Crippen LogP contribution >= 0.6 is 11.6 Å². The van der Waals surface area contributed by atoms with Crippen LogP contribution < -0.4 is 4.90 Å². The van der Waals surface area contributed by atoms with Crippen molar-refractivity contribution in [3.05, 3.63) is 71.8 Å². The lowest BCUT2D eigenvalue weighted by Gasteiger charge is -2.27. The average Bonchev–Trinajstić information content (AvgIpc) is 3.37. The highest BCUT2D eigenvalue weighted by Crippen LogP contribution is 2.38. The van der Waals surface area contributed by atoms with Crippen molar-refractivity contribution < 1.29 is 0 Å². The smallest absolute Gasteiger partial charge is 0.140 e. The van der Waals surface area contributed by atoms with Crippen LogP contribution in [0.5, 0.6) is 0 Å². The molecule has 6 heteroatoms. The van der Waals surface area contributed by atoms with Gasteiger partial charge in [0, 0.05) is 35.8 Å². The Hall–Kier alpha value is -2.92. The van der Waals surface area contributed by atoms with E-state index in [9.17, 15) is 0 Å². The molecule has 3 heterocycles. The number of benzene rings is 2. The van der Waals surface area contributed by atoms with Crippen LogP contribution in [0.4, 0.5) is 5.82 Å². The molecule has 0 saturated carbocycles. The third kappa shape index (κ3) is 3.02. The van der Waals surface area contributed by atoms with Gasteiger partial charge in [-0.3, -0.25) is 4.68 Å². The van der Waals surface area contributed by atoms with Gasteiger partial charge in [-0.2, -0.15) is 5.10 Å². The van der Waals surface area contributed by atoms with E-state index in [-0.39, 0.29) is 0 Å². The molecular weight excluding hydrogens is 370 g/mol. The Kier molecular flexibility index (Phi) is 4.24. The van der Waals surface area contributed by atoms with Crippen LogP contribution in [0.15, 0.2) is 61.2 Å². The first kappa shape index (κ1) is 17.2. The molecule has 1 fully saturated rings. The maximum atomic E-state index is 6.08. The van der Waals surface area contributed by atoms with Crippen LogP contribution in [0, 0.1) is 0 Å². The summed E-state index contributed by atoms with van der Waals surface area (Å²) in [6.07, 6.45) is 7.82. The number of fused-ring (bicyclic) bond motifs is 1. The van der Waals surface area contributed by atoms with Crippen molar-refractivity contribution in [1.82, 2.24) is 19.7 Å². The minimum Gasteiger partial charge on any atom is -0.349 e. The predicted octanol–water partition coefficient (Wildman–Crippen LogP) is 5.03. The van der Waals surface area contributed by atoms with Crippen molar-refractivity contribution in [3.63, 3.8) is 0 Å². The Morgan fingerprint density at radius 3 is 2.68 bits per heavy atom. The molecule has 1 atom stereocenters. The van der Waals surface area contributed by atoms with Crippen LogP contribution in [0.1, 0.15) is 24.4 Å². The molecule has 5 nitrogen and oxygen atoms in total. The normalized spacial score (nSPS) is 16.8. The largest absolute Gasteiger partial charge is 0.349 e. The number of hydrogen-bond donors (Lipinski definition) is 0. The lowest BCUT2D eigenvalue weighted by Crippen LogP contribution is -2.23. The lowest BCUT2D eigenvalue weighted by atomic mass is 10.0. The van der Waals surface area contributed by atoms with E-state index in [0.29, 0.717) is 6.04 Å². The van der Waals surface area contributed by atoms with Crippen molar-refractivity contribution >= 4 is 28.3 Å². The van der Waals surface area contributed by atoms with Gasteiger partial charge < -0.3 is 4.90 Å². The lowest BCUT2D eigenvalue weighted by molar-refractivity contribution is 0.713. The van der Waals surface area contributed by atoms with Gasteiger partial charge in [0.2, 0.25) is 0 Å². The van der Waals surface area contributed by atoms with E-state index in [1.165, 1.54) is 5.56 Å². The third-order valence-electron chi connectivity index (χ3n) is 5.43. The molecule has 1 unspecified atom stereocenters. The molecule has 2 aromatic carbocycles. The summed E-state index contributed by atoms with van der Waals surface area (Å²) >= 11 is 6.08. The predicted molar refractivity (Wildman–Crippen MR) is 113 cm³/mol. The van der Waals surface area contributed by atoms with Crippen LogP contribution in [0.2, 0.25) is 5.02 Å². The van der Waals surface area contributed by atoms with Crippen LogP contribution in [-0.2, 0) is 7.05 Å². The summed E-state index contributed by atoms with van der Waals surface area (Å²) in [5, 5.41) is 6.12. The van der Waals surface area contributed by atoms with Gasteiger partial charge in [0.1, 0.15) is 12.1 Å². The number of aryl methyl sites for hydroxylation is 1. The van der Waals surface area contributed by atoms with Gasteiger partial charge in [-0.05, 0) is 48.2 Å². The Labute approximate surface area is 168 Å². The summed E-state index contributed by atoms with van der Waals surface area (Å²) in [5.41, 5.74) is 4.43. The minimum absolute atomic E-state index is 0.313. The number of halogens is 1. The highest BCUT2D eigenvalue weighted by atomic mass is 35.5. The zero-order valence-corrected chi connectivity index (χ0v) is 16.3. The number of hydrogen-bond acceptors (Lipinski definition) is 4. The zero-order chi connectivity index (χ0) is 19.1. The van der Waals surface area contributed by atoms with Gasteiger partial charge in [-0.1, -0.05) is 29.8 Å². The fraction of sp³-hybridized carbons (Fsp3) is 0.227. The van der Waals surface area contributed by atoms with E-state index in [2.05, 4.69) is 50.3 Å². The average molecular weight is 390 g/mol. The topological polar surface area (TPSA) is 46.8 Å². The maximum Gasteiger partial charge on any atom is 0.140 e. The van der Waals surface area contributed by atoms with Crippen LogP contribution in [-0.4, -0.2) is 26.3 Å². The van der Waals surface area contributed by atoms with Crippen LogP contribution in [0.25, 0.3) is 22.0 Å². The Morgan fingerprint density at radius 2 is 1.89 bits per heavy atom. The van der Waals surface area contributed by atoms with Crippen molar-refractivity contribution in [2.24, 2.45) is 7.05 Å². The van der Waals surface area contributed by atoms with Crippen molar-refractivity contribution in [2.45, 2.75) is 18.9 Å². The van der Waals surface area contributed by atoms with Crippen molar-refractivity contribution in [1.29, 1.82) is 0 Å². The molecule has 140 valence electrons. The fourth-order valence-corrected chi connectivity index (χ4v) is 4.20. The van der Waals surface area contributed by atoms with Gasteiger partial charge in [-0.25, -0.2) is 9.97 Å². The molecule has 0 amide bonds. The monoisotopic (exact) mass is 389 g/mol. The second kappa shape index (κ2) is 6.91. The minimum atomic E-state index is 0.313. The second-order valence-electron chi connectivity index (χ2n) is 7.23. The Bertz CT molecular complexity index is 1140. The summed E-state index contributed by atoms with van der Waals surface area (Å²) in [6.45, 7) is 0.990. The molecule has 1 saturated heterocycles. The van der Waals surface area contributed by atoms with Gasteiger partial charge >= 0.3 is 0 Å². The van der Waals surface area contributed by atoms with Gasteiger partial charge in [0.25, 0.3) is 0 Å². The number of aromatic nitrogens is 4. The summed E-state index contributed by atoms with van der Waals surface area (Å²) in [4.78, 5) is 11.6. The summed E-state index contributed by atoms with van der Waals surface area (Å²) in [6, 6.07) is 14.9. The van der Waals surface area contributed by atoms with Gasteiger partial charge in [0.05, 0.1) is 17.8 Å². The highest BCUT2D eigenvalue weighted by molar-refractivity contribution is 6.30. The van der Waals surface area contributed by atoms with E-state index in [0.717, 1.165) is 52.3 Å².